The van der Waals surface area contributed by atoms with Crippen LogP contribution < -0.4 is 5.32 Å². The van der Waals surface area contributed by atoms with Gasteiger partial charge in [0, 0.05) is 12.8 Å². The minimum Gasteiger partial charge on any atom is -0.345 e. The van der Waals surface area contributed by atoms with Gasteiger partial charge in [-0.05, 0) is 29.8 Å². The number of carbonyl (C=O) groups is 1. The van der Waals surface area contributed by atoms with Crippen LogP contribution in [0.5, 0.6) is 0 Å². The monoisotopic (exact) mass is 424 g/mol. The Balaban J connectivity index is 1.63. The highest BCUT2D eigenvalue weighted by atomic mass is 32.2. The van der Waals surface area contributed by atoms with Crippen molar-refractivity contribution in [2.24, 2.45) is 7.05 Å². The zero-order chi connectivity index (χ0) is 21.0. The SMILES string of the molecule is Cn1c(CNC(=O)c2ccccc2C(F)(F)F)nnc1SCc1ccc(F)cc1. The van der Waals surface area contributed by atoms with E-state index in [1.807, 2.05) is 0 Å². The normalized spacial score (nSPS) is 11.5. The maximum absolute atomic E-state index is 13.1. The van der Waals surface area contributed by atoms with Crippen LogP contribution >= 0.6 is 11.8 Å². The predicted octanol–water partition coefficient (Wildman–Crippen LogP) is 4.20. The van der Waals surface area contributed by atoms with E-state index in [4.69, 9.17) is 0 Å². The molecule has 0 unspecified atom stereocenters. The molecule has 0 spiro atoms. The molecule has 0 atom stereocenters. The predicted molar refractivity (Wildman–Crippen MR) is 99.6 cm³/mol. The highest BCUT2D eigenvalue weighted by molar-refractivity contribution is 7.98. The average molecular weight is 424 g/mol. The van der Waals surface area contributed by atoms with E-state index in [1.165, 1.54) is 36.0 Å². The van der Waals surface area contributed by atoms with Gasteiger partial charge in [-0.15, -0.1) is 10.2 Å². The third-order valence-corrected chi connectivity index (χ3v) is 5.18. The molecule has 29 heavy (non-hydrogen) atoms. The van der Waals surface area contributed by atoms with Crippen molar-refractivity contribution in [3.05, 3.63) is 76.9 Å². The number of alkyl halides is 3. The van der Waals surface area contributed by atoms with E-state index < -0.39 is 23.2 Å². The maximum Gasteiger partial charge on any atom is 0.417 e. The molecular formula is C19H16F4N4OS. The van der Waals surface area contributed by atoms with E-state index >= 15 is 0 Å². The van der Waals surface area contributed by atoms with E-state index in [1.54, 1.807) is 23.7 Å². The summed E-state index contributed by atoms with van der Waals surface area (Å²) in [6.45, 7) is -0.0777. The summed E-state index contributed by atoms with van der Waals surface area (Å²) in [5.74, 6) is -0.231. The zero-order valence-electron chi connectivity index (χ0n) is 15.2. The first-order valence-corrected chi connectivity index (χ1v) is 9.44. The van der Waals surface area contributed by atoms with Gasteiger partial charge in [0.05, 0.1) is 17.7 Å². The molecule has 3 aromatic rings. The second kappa shape index (κ2) is 8.64. The van der Waals surface area contributed by atoms with E-state index in [9.17, 15) is 22.4 Å². The number of amides is 1. The van der Waals surface area contributed by atoms with Crippen LogP contribution in [0.25, 0.3) is 0 Å². The minimum absolute atomic E-state index is 0.0777. The van der Waals surface area contributed by atoms with E-state index in [-0.39, 0.29) is 12.4 Å². The fourth-order valence-corrected chi connectivity index (χ4v) is 3.42. The summed E-state index contributed by atoms with van der Waals surface area (Å²) < 4.78 is 53.8. The van der Waals surface area contributed by atoms with Crippen LogP contribution in [0.1, 0.15) is 27.3 Å². The lowest BCUT2D eigenvalue weighted by Crippen LogP contribution is -2.27. The molecule has 0 aliphatic rings. The topological polar surface area (TPSA) is 59.8 Å². The molecule has 152 valence electrons. The molecule has 0 saturated heterocycles. The summed E-state index contributed by atoms with van der Waals surface area (Å²) in [5, 5.41) is 11.0. The van der Waals surface area contributed by atoms with Crippen LogP contribution in [0, 0.1) is 5.82 Å². The first kappa shape index (κ1) is 20.8. The Morgan fingerprint density at radius 3 is 2.48 bits per heavy atom. The number of halogens is 4. The molecule has 5 nitrogen and oxygen atoms in total. The van der Waals surface area contributed by atoms with Gasteiger partial charge in [0.15, 0.2) is 11.0 Å². The van der Waals surface area contributed by atoms with Crippen LogP contribution in [0.3, 0.4) is 0 Å². The summed E-state index contributed by atoms with van der Waals surface area (Å²) in [6.07, 6.45) is -4.62. The first-order chi connectivity index (χ1) is 13.8. The van der Waals surface area contributed by atoms with Gasteiger partial charge in [-0.3, -0.25) is 4.79 Å². The maximum atomic E-state index is 13.1. The van der Waals surface area contributed by atoms with Crippen molar-refractivity contribution in [3.63, 3.8) is 0 Å². The number of rotatable bonds is 6. The van der Waals surface area contributed by atoms with Gasteiger partial charge in [0.1, 0.15) is 5.82 Å². The number of hydrogen-bond acceptors (Lipinski definition) is 4. The van der Waals surface area contributed by atoms with Gasteiger partial charge < -0.3 is 9.88 Å². The molecule has 1 aromatic heterocycles. The third-order valence-electron chi connectivity index (χ3n) is 4.09. The van der Waals surface area contributed by atoms with Crippen molar-refractivity contribution >= 4 is 17.7 Å². The average Bonchev–Trinajstić information content (AvgIpc) is 3.04. The lowest BCUT2D eigenvalue weighted by atomic mass is 10.1. The highest BCUT2D eigenvalue weighted by Crippen LogP contribution is 2.31. The van der Waals surface area contributed by atoms with Gasteiger partial charge in [-0.1, -0.05) is 36.0 Å². The highest BCUT2D eigenvalue weighted by Gasteiger charge is 2.34. The fourth-order valence-electron chi connectivity index (χ4n) is 2.54. The summed E-state index contributed by atoms with van der Waals surface area (Å²) in [4.78, 5) is 12.2. The smallest absolute Gasteiger partial charge is 0.345 e. The molecule has 3 rings (SSSR count). The number of aromatic nitrogens is 3. The Labute approximate surface area is 168 Å². The van der Waals surface area contributed by atoms with Gasteiger partial charge >= 0.3 is 6.18 Å². The molecule has 0 aliphatic heterocycles. The molecule has 0 saturated carbocycles. The molecule has 0 fully saturated rings. The van der Waals surface area contributed by atoms with Gasteiger partial charge in [0.25, 0.3) is 5.91 Å². The van der Waals surface area contributed by atoms with Crippen molar-refractivity contribution in [3.8, 4) is 0 Å². The Kier molecular flexibility index (Phi) is 6.21. The second-order valence-electron chi connectivity index (χ2n) is 6.10. The molecule has 10 heteroatoms. The van der Waals surface area contributed by atoms with Crippen LogP contribution in [-0.4, -0.2) is 20.7 Å². The van der Waals surface area contributed by atoms with E-state index in [0.29, 0.717) is 16.7 Å². The van der Waals surface area contributed by atoms with Crippen molar-refractivity contribution in [1.82, 2.24) is 20.1 Å². The molecule has 0 radical (unpaired) electrons. The van der Waals surface area contributed by atoms with Crippen molar-refractivity contribution < 1.29 is 22.4 Å². The van der Waals surface area contributed by atoms with Crippen LogP contribution in [-0.2, 0) is 25.5 Å². The van der Waals surface area contributed by atoms with Crippen molar-refractivity contribution in [2.45, 2.75) is 23.6 Å². The molecular weight excluding hydrogens is 408 g/mol. The minimum atomic E-state index is -4.62. The van der Waals surface area contributed by atoms with E-state index in [0.717, 1.165) is 17.7 Å². The number of hydrogen-bond donors (Lipinski definition) is 1. The molecule has 0 bridgehead atoms. The van der Waals surface area contributed by atoms with Gasteiger partial charge in [-0.25, -0.2) is 4.39 Å². The Morgan fingerprint density at radius 1 is 1.10 bits per heavy atom. The third kappa shape index (κ3) is 5.14. The summed E-state index contributed by atoms with van der Waals surface area (Å²) in [5.41, 5.74) is -0.544. The molecule has 1 amide bonds. The molecule has 1 N–H and O–H groups in total. The number of nitrogens with zero attached hydrogens (tertiary/aromatic N) is 3. The first-order valence-electron chi connectivity index (χ1n) is 8.45. The van der Waals surface area contributed by atoms with E-state index in [2.05, 4.69) is 15.5 Å². The van der Waals surface area contributed by atoms with Crippen LogP contribution in [0.2, 0.25) is 0 Å². The zero-order valence-corrected chi connectivity index (χ0v) is 16.0. The summed E-state index contributed by atoms with van der Waals surface area (Å²) >= 11 is 1.37. The van der Waals surface area contributed by atoms with Crippen molar-refractivity contribution in [1.29, 1.82) is 0 Å². The number of nitrogens with one attached hydrogen (secondary N) is 1. The Bertz CT molecular complexity index is 1000. The Hall–Kier alpha value is -2.88. The molecule has 2 aromatic carbocycles. The van der Waals surface area contributed by atoms with Gasteiger partial charge in [0.2, 0.25) is 0 Å². The number of carbonyl (C=O) groups excluding carboxylic acids is 1. The summed E-state index contributed by atoms with van der Waals surface area (Å²) in [6, 6.07) is 10.7. The number of benzene rings is 2. The number of thioether (sulfide) groups is 1. The Morgan fingerprint density at radius 2 is 1.79 bits per heavy atom. The van der Waals surface area contributed by atoms with Crippen molar-refractivity contribution in [2.75, 3.05) is 0 Å². The largest absolute Gasteiger partial charge is 0.417 e. The fraction of sp³-hybridized carbons (Fsp3) is 0.211. The molecule has 0 aliphatic carbocycles. The molecule has 1 heterocycles. The second-order valence-corrected chi connectivity index (χ2v) is 7.04. The lowest BCUT2D eigenvalue weighted by molar-refractivity contribution is -0.137. The van der Waals surface area contributed by atoms with Gasteiger partial charge in [-0.2, -0.15) is 13.2 Å². The lowest BCUT2D eigenvalue weighted by Gasteiger charge is -2.12. The summed E-state index contributed by atoms with van der Waals surface area (Å²) in [7, 11) is 1.69. The standard InChI is InChI=1S/C19H16F4N4OS/c1-27-16(25-26-18(27)29-11-12-6-8-13(20)9-7-12)10-24-17(28)14-4-2-3-5-15(14)19(21,22)23/h2-9H,10-11H2,1H3,(H,24,28). The quantitative estimate of drug-likeness (QED) is 0.476. The van der Waals surface area contributed by atoms with Crippen LogP contribution in [0.4, 0.5) is 17.6 Å². The van der Waals surface area contributed by atoms with Crippen LogP contribution in [0.15, 0.2) is 53.7 Å².